The first kappa shape index (κ1) is 27.4. The Hall–Kier alpha value is -6.18. The molecule has 2 aliphatic rings. The molecule has 0 bridgehead atoms. The van der Waals surface area contributed by atoms with Crippen LogP contribution >= 0.6 is 0 Å². The molecule has 5 aromatic rings. The number of hydrogen-bond acceptors (Lipinski definition) is 9. The highest BCUT2D eigenvalue weighted by molar-refractivity contribution is 6.51. The highest BCUT2D eigenvalue weighted by Gasteiger charge is 2.31. The molecule has 7 rings (SSSR count). The number of nitrogen functional groups attached to an aromatic ring is 1. The number of nitrogens with one attached hydrogen (secondary N) is 1. The lowest BCUT2D eigenvalue weighted by Crippen LogP contribution is -2.21. The Morgan fingerprint density at radius 2 is 1.52 bits per heavy atom. The van der Waals surface area contributed by atoms with Crippen LogP contribution in [0.1, 0.15) is 36.9 Å². The topological polar surface area (TPSA) is 187 Å². The molecule has 0 saturated heterocycles. The van der Waals surface area contributed by atoms with Gasteiger partial charge in [-0.05, 0) is 60.7 Å². The van der Waals surface area contributed by atoms with Crippen molar-refractivity contribution < 1.29 is 33.1 Å². The Kier molecular flexibility index (Phi) is 7.02. The van der Waals surface area contributed by atoms with Crippen molar-refractivity contribution in [2.75, 3.05) is 11.1 Å². The van der Waals surface area contributed by atoms with Crippen LogP contribution in [0.15, 0.2) is 77.9 Å². The van der Waals surface area contributed by atoms with E-state index in [0.29, 0.717) is 16.8 Å². The van der Waals surface area contributed by atoms with E-state index < -0.39 is 35.1 Å². The van der Waals surface area contributed by atoms with Gasteiger partial charge < -0.3 is 16.2 Å². The molecule has 2 aliphatic heterocycles. The number of carbonyl (C=O) groups is 4. The lowest BCUT2D eigenvalue weighted by molar-refractivity contribution is -0.112. The molecule has 0 fully saturated rings. The number of anilines is 2. The van der Waals surface area contributed by atoms with Gasteiger partial charge in [0.15, 0.2) is 11.5 Å². The molecule has 208 valence electrons. The molecule has 0 atom stereocenters. The van der Waals surface area contributed by atoms with Gasteiger partial charge >= 0.3 is 5.97 Å². The molecule has 4 N–H and O–H groups in total. The number of aromatic nitrogens is 4. The van der Waals surface area contributed by atoms with Crippen molar-refractivity contribution in [1.82, 2.24) is 19.5 Å². The maximum Gasteiger partial charge on any atom is 0.339 e. The zero-order chi connectivity index (χ0) is 30.1. The molecule has 0 saturated carbocycles. The fourth-order valence-electron chi connectivity index (χ4n) is 4.11. The van der Waals surface area contributed by atoms with Crippen LogP contribution in [0.3, 0.4) is 0 Å². The van der Waals surface area contributed by atoms with E-state index in [1.165, 1.54) is 53.4 Å². The van der Waals surface area contributed by atoms with Crippen LogP contribution in [-0.4, -0.2) is 48.1 Å². The second-order valence-corrected chi connectivity index (χ2v) is 8.66. The zero-order valence-electron chi connectivity index (χ0n) is 21.0. The molecule has 12 nitrogen and oxygen atoms in total. The Morgan fingerprint density at radius 1 is 0.857 bits per heavy atom. The van der Waals surface area contributed by atoms with Crippen LogP contribution in [0, 0.1) is 11.6 Å². The van der Waals surface area contributed by atoms with E-state index in [0.717, 1.165) is 12.1 Å². The minimum Gasteiger partial charge on any atom is -0.478 e. The lowest BCUT2D eigenvalue weighted by atomic mass is 10.1. The summed E-state index contributed by atoms with van der Waals surface area (Å²) < 4.78 is 27.0. The zero-order valence-corrected chi connectivity index (χ0v) is 21.0. The number of carboxylic acids is 1. The summed E-state index contributed by atoms with van der Waals surface area (Å²) in [6.07, 6.45) is 2.94. The first-order valence-corrected chi connectivity index (χ1v) is 11.9. The third-order valence-corrected chi connectivity index (χ3v) is 6.04. The number of aromatic carboxylic acids is 1. The van der Waals surface area contributed by atoms with Crippen molar-refractivity contribution in [2.45, 2.75) is 0 Å². The maximum absolute atomic E-state index is 13.3. The van der Waals surface area contributed by atoms with Gasteiger partial charge in [0.1, 0.15) is 23.0 Å². The predicted octanol–water partition coefficient (Wildman–Crippen LogP) is 2.79. The van der Waals surface area contributed by atoms with Crippen LogP contribution in [0.4, 0.5) is 20.3 Å². The number of pyridine rings is 2. The van der Waals surface area contributed by atoms with Gasteiger partial charge in [0.05, 0.1) is 27.9 Å². The van der Waals surface area contributed by atoms with Gasteiger partial charge in [-0.25, -0.2) is 28.5 Å². The van der Waals surface area contributed by atoms with Gasteiger partial charge in [-0.15, -0.1) is 0 Å². The standard InChI is InChI=1S/C14H6FN3O2.C8H4FNO2.C6H6N2O2/c15-7-3-4-10-9(6-7)11(19)13-17-12-8(2-1-5-16-12)14(20)18(10)13;9-4-1-2-6-5(3-4)7(11)8(12)10-6;7-5-4(6(9)10)2-1-3-8-5/h1-6H;1-3H,(H,10,11,12);1-3H,(H2,7,8)(H,9,10). The molecular formula is C28H16F2N6O6. The van der Waals surface area contributed by atoms with Crippen molar-refractivity contribution in [2.24, 2.45) is 0 Å². The van der Waals surface area contributed by atoms with Crippen LogP contribution in [0.5, 0.6) is 0 Å². The summed E-state index contributed by atoms with van der Waals surface area (Å²) in [6.45, 7) is 0. The number of nitrogens with two attached hydrogens (primary N) is 1. The van der Waals surface area contributed by atoms with Gasteiger partial charge in [0.25, 0.3) is 17.2 Å². The molecule has 42 heavy (non-hydrogen) atoms. The SMILES string of the molecule is Nc1ncccc1C(=O)O.O=C1Nc2ccc(F)cc2C1=O.O=C1c2cc(F)ccc2-n2c1nc1ncccc1c2=O. The van der Waals surface area contributed by atoms with E-state index in [9.17, 15) is 32.8 Å². The van der Waals surface area contributed by atoms with Crippen LogP contribution in [0.2, 0.25) is 0 Å². The molecule has 14 heteroatoms. The minimum absolute atomic E-state index is 0.0261. The lowest BCUT2D eigenvalue weighted by Gasteiger charge is -2.04. The number of carbonyl (C=O) groups excluding carboxylic acids is 3. The molecule has 0 radical (unpaired) electrons. The van der Waals surface area contributed by atoms with Gasteiger partial charge in [0, 0.05) is 12.4 Å². The average molecular weight is 570 g/mol. The van der Waals surface area contributed by atoms with Gasteiger partial charge in [-0.1, -0.05) is 0 Å². The molecule has 0 unspecified atom stereocenters. The summed E-state index contributed by atoms with van der Waals surface area (Å²) in [5.41, 5.74) is 6.10. The number of ketones is 2. The Balaban J connectivity index is 0.000000137. The first-order chi connectivity index (χ1) is 20.1. The Labute approximate surface area is 233 Å². The monoisotopic (exact) mass is 570 g/mol. The Bertz CT molecular complexity index is 2030. The van der Waals surface area contributed by atoms with Gasteiger partial charge in [-0.3, -0.25) is 23.7 Å². The summed E-state index contributed by atoms with van der Waals surface area (Å²) in [4.78, 5) is 68.4. The highest BCUT2D eigenvalue weighted by atomic mass is 19.1. The van der Waals surface area contributed by atoms with Crippen LogP contribution in [-0.2, 0) is 4.79 Å². The van der Waals surface area contributed by atoms with E-state index in [4.69, 9.17) is 10.8 Å². The molecule has 3 aromatic heterocycles. The van der Waals surface area contributed by atoms with Crippen LogP contribution < -0.4 is 16.6 Å². The second-order valence-electron chi connectivity index (χ2n) is 8.66. The Morgan fingerprint density at radius 3 is 2.21 bits per heavy atom. The number of fused-ring (bicyclic) bond motifs is 5. The third-order valence-electron chi connectivity index (χ3n) is 6.04. The number of Topliss-reactive ketones (excluding diaryl/α,β-unsaturated/α-hetero) is 1. The summed E-state index contributed by atoms with van der Waals surface area (Å²) in [5, 5.41) is 11.1. The number of hydrogen-bond donors (Lipinski definition) is 3. The van der Waals surface area contributed by atoms with E-state index >= 15 is 0 Å². The molecule has 2 aromatic carbocycles. The fraction of sp³-hybridized carbons (Fsp3) is 0. The molecule has 0 spiro atoms. The third kappa shape index (κ3) is 4.95. The highest BCUT2D eigenvalue weighted by Crippen LogP contribution is 2.26. The number of benzene rings is 2. The average Bonchev–Trinajstić information content (AvgIpc) is 3.41. The predicted molar refractivity (Wildman–Crippen MR) is 143 cm³/mol. The number of rotatable bonds is 1. The summed E-state index contributed by atoms with van der Waals surface area (Å²) in [7, 11) is 0. The summed E-state index contributed by atoms with van der Waals surface area (Å²) in [6, 6.07) is 13.5. The van der Waals surface area contributed by atoms with Crippen molar-refractivity contribution in [3.63, 3.8) is 0 Å². The number of nitrogens with zero attached hydrogens (tertiary/aromatic N) is 4. The van der Waals surface area contributed by atoms with Gasteiger partial charge in [-0.2, -0.15) is 0 Å². The molecule has 5 heterocycles. The number of amides is 1. The second kappa shape index (κ2) is 10.8. The fourth-order valence-corrected chi connectivity index (χ4v) is 4.11. The quantitative estimate of drug-likeness (QED) is 0.248. The van der Waals surface area contributed by atoms with Crippen molar-refractivity contribution in [3.8, 4) is 5.69 Å². The summed E-state index contributed by atoms with van der Waals surface area (Å²) >= 11 is 0. The van der Waals surface area contributed by atoms with E-state index in [1.807, 2.05) is 0 Å². The van der Waals surface area contributed by atoms with E-state index in [2.05, 4.69) is 20.3 Å². The normalized spacial score (nSPS) is 12.3. The van der Waals surface area contributed by atoms with E-state index in [1.54, 1.807) is 12.1 Å². The first-order valence-electron chi connectivity index (χ1n) is 11.9. The van der Waals surface area contributed by atoms with Gasteiger partial charge in [0.2, 0.25) is 5.78 Å². The van der Waals surface area contributed by atoms with Crippen molar-refractivity contribution in [1.29, 1.82) is 0 Å². The molecule has 1 amide bonds. The van der Waals surface area contributed by atoms with E-state index in [-0.39, 0.29) is 39.5 Å². The largest absolute Gasteiger partial charge is 0.478 e. The molecular weight excluding hydrogens is 554 g/mol. The maximum atomic E-state index is 13.3. The van der Waals surface area contributed by atoms with Crippen LogP contribution in [0.25, 0.3) is 16.7 Å². The smallest absolute Gasteiger partial charge is 0.339 e. The van der Waals surface area contributed by atoms with Crippen molar-refractivity contribution >= 4 is 46.0 Å². The minimum atomic E-state index is -1.05. The summed E-state index contributed by atoms with van der Waals surface area (Å²) in [5.74, 6) is -3.91. The number of carboxylic acid groups (broad SMARTS) is 1. The number of halogens is 2. The molecule has 0 aliphatic carbocycles. The van der Waals surface area contributed by atoms with Crippen molar-refractivity contribution in [3.05, 3.63) is 118 Å².